The molecule has 0 aliphatic carbocycles. The summed E-state index contributed by atoms with van der Waals surface area (Å²) in [5.41, 5.74) is -2.38. The molecule has 35 heavy (non-hydrogen) atoms. The van der Waals surface area contributed by atoms with Gasteiger partial charge in [0, 0.05) is 33.1 Å². The number of ether oxygens (including phenoxy) is 4. The van der Waals surface area contributed by atoms with Gasteiger partial charge in [-0.2, -0.15) is 0 Å². The monoisotopic (exact) mass is 521 g/mol. The Morgan fingerprint density at radius 2 is 1.54 bits per heavy atom. The van der Waals surface area contributed by atoms with Gasteiger partial charge in [-0.15, -0.1) is 0 Å². The van der Waals surface area contributed by atoms with Gasteiger partial charge in [0.2, 0.25) is 11.6 Å². The number of esters is 3. The molecule has 1 rings (SSSR count). The fraction of sp³-hybridized carbons (Fsp3) is 0.632. The molecule has 0 spiro atoms. The molecule has 0 aromatic carbocycles. The van der Waals surface area contributed by atoms with Crippen LogP contribution < -0.4 is 16.0 Å². The summed E-state index contributed by atoms with van der Waals surface area (Å²) in [7, 11) is 0. The van der Waals surface area contributed by atoms with Gasteiger partial charge < -0.3 is 34.5 Å². The molecular weight excluding hydrogens is 494 g/mol. The quantitative estimate of drug-likeness (QED) is 0.0789. The first-order chi connectivity index (χ1) is 16.2. The first-order valence-electron chi connectivity index (χ1n) is 10.1. The Labute approximate surface area is 204 Å². The second-order valence-corrected chi connectivity index (χ2v) is 7.63. The van der Waals surface area contributed by atoms with Gasteiger partial charge in [-0.25, -0.2) is 4.79 Å². The summed E-state index contributed by atoms with van der Waals surface area (Å²) in [6, 6.07) is -1.38. The molecule has 2 unspecified atom stereocenters. The number of carboxylic acids is 2. The molecule has 0 aromatic rings. The molecule has 6 atom stereocenters. The first kappa shape index (κ1) is 29.8. The summed E-state index contributed by atoms with van der Waals surface area (Å²) in [6.07, 6.45) is -5.72. The van der Waals surface area contributed by atoms with Crippen molar-refractivity contribution in [1.82, 2.24) is 16.0 Å². The van der Waals surface area contributed by atoms with Gasteiger partial charge in [-0.05, 0) is 0 Å². The Bertz CT molecular complexity index is 868. The molecular formula is C19H27N3O12S. The van der Waals surface area contributed by atoms with Gasteiger partial charge >= 0.3 is 29.8 Å². The van der Waals surface area contributed by atoms with E-state index in [0.29, 0.717) is 5.37 Å². The number of rotatable bonds is 12. The SMILES string of the molecule is CC(=O)N[C@H]1C(NC(C=S)(NCC(=O)O)C(=O)O)O[C@H](COC(C)=O)[C@@H](OC(C)=O)[C@@H]1OC(C)=O. The Morgan fingerprint density at radius 1 is 0.971 bits per heavy atom. The second-order valence-electron chi connectivity index (χ2n) is 7.39. The molecule has 5 N–H and O–H groups in total. The molecule has 0 bridgehead atoms. The van der Waals surface area contributed by atoms with E-state index in [1.807, 2.05) is 0 Å². The van der Waals surface area contributed by atoms with Crippen LogP contribution in [0.25, 0.3) is 0 Å². The van der Waals surface area contributed by atoms with Gasteiger partial charge in [0.15, 0.2) is 12.2 Å². The zero-order chi connectivity index (χ0) is 26.9. The molecule has 0 saturated carbocycles. The highest BCUT2D eigenvalue weighted by Crippen LogP contribution is 2.27. The lowest BCUT2D eigenvalue weighted by atomic mass is 9.94. The second kappa shape index (κ2) is 13.0. The van der Waals surface area contributed by atoms with Crippen molar-refractivity contribution in [2.75, 3.05) is 13.2 Å². The van der Waals surface area contributed by atoms with Crippen molar-refractivity contribution in [3.8, 4) is 0 Å². The Balaban J connectivity index is 3.57. The van der Waals surface area contributed by atoms with Crippen LogP contribution in [-0.2, 0) is 47.7 Å². The van der Waals surface area contributed by atoms with Gasteiger partial charge in [-0.1, -0.05) is 12.2 Å². The molecule has 1 heterocycles. The average Bonchev–Trinajstić information content (AvgIpc) is 2.72. The molecule has 196 valence electrons. The minimum atomic E-state index is -2.38. The van der Waals surface area contributed by atoms with E-state index in [9.17, 15) is 33.9 Å². The number of hydrogen-bond donors (Lipinski definition) is 5. The van der Waals surface area contributed by atoms with E-state index in [4.69, 9.17) is 36.3 Å². The van der Waals surface area contributed by atoms with E-state index in [1.54, 1.807) is 0 Å². The van der Waals surface area contributed by atoms with Crippen molar-refractivity contribution in [3.05, 3.63) is 0 Å². The van der Waals surface area contributed by atoms with Crippen LogP contribution >= 0.6 is 12.2 Å². The van der Waals surface area contributed by atoms with Crippen molar-refractivity contribution in [1.29, 1.82) is 0 Å². The van der Waals surface area contributed by atoms with Gasteiger partial charge in [0.25, 0.3) is 0 Å². The predicted molar refractivity (Wildman–Crippen MR) is 117 cm³/mol. The van der Waals surface area contributed by atoms with Crippen molar-refractivity contribution in [3.63, 3.8) is 0 Å². The lowest BCUT2D eigenvalue weighted by Crippen LogP contribution is -2.75. The summed E-state index contributed by atoms with van der Waals surface area (Å²) in [5.74, 6) is -6.12. The minimum absolute atomic E-state index is 0.518. The Hall–Kier alpha value is -3.21. The number of carbonyl (C=O) groups is 6. The van der Waals surface area contributed by atoms with Crippen molar-refractivity contribution in [2.24, 2.45) is 0 Å². The maximum Gasteiger partial charge on any atom is 0.344 e. The molecule has 1 saturated heterocycles. The molecule has 15 nitrogen and oxygen atoms in total. The van der Waals surface area contributed by atoms with Crippen LogP contribution in [0.15, 0.2) is 0 Å². The number of aliphatic carboxylic acids is 2. The first-order valence-corrected chi connectivity index (χ1v) is 10.5. The summed E-state index contributed by atoms with van der Waals surface area (Å²) in [4.78, 5) is 70.0. The molecule has 1 amide bonds. The molecule has 0 radical (unpaired) electrons. The number of nitrogens with one attached hydrogen (secondary N) is 3. The van der Waals surface area contributed by atoms with Crippen LogP contribution in [0.4, 0.5) is 0 Å². The zero-order valence-corrected chi connectivity index (χ0v) is 20.1. The predicted octanol–water partition coefficient (Wildman–Crippen LogP) is -2.31. The molecule has 1 fully saturated rings. The standard InChI is InChI=1S/C19H27N3O12S/c1-8(23)21-14-16(33-11(4)26)15(32-10(3)25)12(6-31-9(2)24)34-17(14)22-19(7-35,18(29)30)20-5-13(27)28/h7,12,14-17,20,22H,5-6H2,1-4H3,(H,21,23)(H,27,28)(H,29,30)/t12-,14-,15-,16-,17?,19?/m1/s1. The van der Waals surface area contributed by atoms with E-state index in [0.717, 1.165) is 27.7 Å². The lowest BCUT2D eigenvalue weighted by molar-refractivity contribution is -0.230. The third-order valence-electron chi connectivity index (χ3n) is 4.52. The molecule has 1 aliphatic heterocycles. The smallest absolute Gasteiger partial charge is 0.344 e. The zero-order valence-electron chi connectivity index (χ0n) is 19.3. The van der Waals surface area contributed by atoms with Gasteiger partial charge in [0.1, 0.15) is 25.0 Å². The van der Waals surface area contributed by atoms with E-state index >= 15 is 0 Å². The van der Waals surface area contributed by atoms with Crippen molar-refractivity contribution >= 4 is 53.3 Å². The lowest BCUT2D eigenvalue weighted by Gasteiger charge is -2.47. The normalized spacial score (nSPS) is 25.3. The number of amides is 1. The summed E-state index contributed by atoms with van der Waals surface area (Å²) in [6.45, 7) is 2.95. The highest BCUT2D eigenvalue weighted by atomic mass is 32.1. The maximum absolute atomic E-state index is 12.1. The fourth-order valence-corrected chi connectivity index (χ4v) is 3.46. The minimum Gasteiger partial charge on any atom is -0.480 e. The summed E-state index contributed by atoms with van der Waals surface area (Å²) < 4.78 is 21.3. The number of hydrogen-bond acceptors (Lipinski definition) is 13. The Morgan fingerprint density at radius 3 is 1.97 bits per heavy atom. The van der Waals surface area contributed by atoms with Gasteiger partial charge in [-0.3, -0.25) is 34.6 Å². The number of carboxylic acid groups (broad SMARTS) is 2. The van der Waals surface area contributed by atoms with E-state index in [2.05, 4.69) is 16.0 Å². The van der Waals surface area contributed by atoms with Crippen LogP contribution in [0.3, 0.4) is 0 Å². The molecule has 0 aromatic heterocycles. The van der Waals surface area contributed by atoms with Crippen molar-refractivity contribution < 1.29 is 57.9 Å². The van der Waals surface area contributed by atoms with E-state index in [1.165, 1.54) is 0 Å². The highest BCUT2D eigenvalue weighted by molar-refractivity contribution is 7.79. The van der Waals surface area contributed by atoms with Crippen LogP contribution in [0.1, 0.15) is 27.7 Å². The van der Waals surface area contributed by atoms with Crippen LogP contribution in [-0.4, -0.2) is 101 Å². The maximum atomic E-state index is 12.1. The average molecular weight is 522 g/mol. The third-order valence-corrected chi connectivity index (χ3v) is 4.87. The van der Waals surface area contributed by atoms with Crippen molar-refractivity contribution in [2.45, 2.75) is 63.9 Å². The van der Waals surface area contributed by atoms with Crippen LogP contribution in [0.5, 0.6) is 0 Å². The fourth-order valence-electron chi connectivity index (χ4n) is 3.21. The largest absolute Gasteiger partial charge is 0.480 e. The van der Waals surface area contributed by atoms with Crippen LogP contribution in [0.2, 0.25) is 0 Å². The third kappa shape index (κ3) is 8.82. The summed E-state index contributed by atoms with van der Waals surface area (Å²) >= 11 is 4.81. The topological polar surface area (TPSA) is 216 Å². The molecule has 16 heteroatoms. The van der Waals surface area contributed by atoms with Gasteiger partial charge in [0.05, 0.1) is 6.54 Å². The van der Waals surface area contributed by atoms with E-state index in [-0.39, 0.29) is 0 Å². The summed E-state index contributed by atoms with van der Waals surface area (Å²) in [5, 5.41) is 26.6. The molecule has 1 aliphatic rings. The highest BCUT2D eigenvalue weighted by Gasteiger charge is 2.53. The van der Waals surface area contributed by atoms with E-state index < -0.39 is 85.1 Å². The van der Waals surface area contributed by atoms with Crippen LogP contribution in [0, 0.1) is 0 Å². The Kier molecular flexibility index (Phi) is 11.1. The number of carbonyl (C=O) groups excluding carboxylic acids is 4. The number of thiocarbonyl (C=S) groups is 1.